The molecule has 0 saturated carbocycles. The van der Waals surface area contributed by atoms with Gasteiger partial charge in [0.05, 0.1) is 0 Å². The molecule has 5 nitrogen and oxygen atoms in total. The Balaban J connectivity index is 1.59. The number of piperidine rings is 1. The zero-order chi connectivity index (χ0) is 18.2. The maximum absolute atomic E-state index is 13.3. The van der Waals surface area contributed by atoms with Gasteiger partial charge < -0.3 is 15.2 Å². The van der Waals surface area contributed by atoms with Crippen molar-refractivity contribution in [2.45, 2.75) is 39.7 Å². The number of carbonyl (C=O) groups excluding carboxylic acids is 2. The molecule has 3 rings (SSSR count). The van der Waals surface area contributed by atoms with Crippen LogP contribution in [0.5, 0.6) is 0 Å². The molecule has 0 atom stereocenters. The molecular formula is C19H24FN3O2. The van der Waals surface area contributed by atoms with Crippen LogP contribution < -0.4 is 5.32 Å². The van der Waals surface area contributed by atoms with Crippen LogP contribution in [0.4, 0.5) is 4.39 Å². The van der Waals surface area contributed by atoms with Crippen molar-refractivity contribution in [2.24, 2.45) is 5.41 Å². The van der Waals surface area contributed by atoms with Gasteiger partial charge in [-0.15, -0.1) is 0 Å². The first-order valence-corrected chi connectivity index (χ1v) is 8.62. The van der Waals surface area contributed by atoms with Crippen molar-refractivity contribution in [3.05, 3.63) is 35.8 Å². The number of nitrogens with zero attached hydrogens (tertiary/aromatic N) is 1. The molecule has 0 spiro atoms. The van der Waals surface area contributed by atoms with Crippen LogP contribution >= 0.6 is 0 Å². The second-order valence-electron chi connectivity index (χ2n) is 7.70. The maximum atomic E-state index is 13.3. The number of halogens is 1. The lowest BCUT2D eigenvalue weighted by Gasteiger charge is -2.35. The van der Waals surface area contributed by atoms with Crippen LogP contribution in [-0.2, 0) is 4.79 Å². The second kappa shape index (κ2) is 6.50. The number of likely N-dealkylation sites (tertiary alicyclic amines) is 1. The van der Waals surface area contributed by atoms with Crippen molar-refractivity contribution in [2.75, 3.05) is 13.1 Å². The SMILES string of the molecule is CC(C)(C)C(=O)N1CCC(NC(=O)c2cc3cc(F)ccc3[nH]2)CC1. The van der Waals surface area contributed by atoms with E-state index in [9.17, 15) is 14.0 Å². The first kappa shape index (κ1) is 17.5. The molecule has 2 aromatic rings. The zero-order valence-electron chi connectivity index (χ0n) is 14.9. The summed E-state index contributed by atoms with van der Waals surface area (Å²) in [6, 6.07) is 6.09. The Labute approximate surface area is 146 Å². The number of carbonyl (C=O) groups is 2. The second-order valence-corrected chi connectivity index (χ2v) is 7.70. The van der Waals surface area contributed by atoms with Gasteiger partial charge in [-0.1, -0.05) is 20.8 Å². The number of rotatable bonds is 2. The lowest BCUT2D eigenvalue weighted by atomic mass is 9.93. The van der Waals surface area contributed by atoms with Gasteiger partial charge in [0.1, 0.15) is 11.5 Å². The van der Waals surface area contributed by atoms with Crippen molar-refractivity contribution in [3.63, 3.8) is 0 Å². The minimum Gasteiger partial charge on any atom is -0.351 e. The van der Waals surface area contributed by atoms with Gasteiger partial charge >= 0.3 is 0 Å². The van der Waals surface area contributed by atoms with Crippen LogP contribution in [0, 0.1) is 11.2 Å². The molecule has 1 aromatic carbocycles. The summed E-state index contributed by atoms with van der Waals surface area (Å²) in [4.78, 5) is 29.6. The zero-order valence-corrected chi connectivity index (χ0v) is 14.9. The molecule has 0 radical (unpaired) electrons. The van der Waals surface area contributed by atoms with Crippen LogP contribution in [0.15, 0.2) is 24.3 Å². The molecular weight excluding hydrogens is 321 g/mol. The largest absolute Gasteiger partial charge is 0.351 e. The molecule has 134 valence electrons. The van der Waals surface area contributed by atoms with E-state index in [0.717, 1.165) is 18.4 Å². The van der Waals surface area contributed by atoms with Gasteiger partial charge in [-0.05, 0) is 37.1 Å². The van der Waals surface area contributed by atoms with E-state index < -0.39 is 0 Å². The van der Waals surface area contributed by atoms with Gasteiger partial charge in [0, 0.05) is 35.4 Å². The van der Waals surface area contributed by atoms with E-state index in [1.807, 2.05) is 25.7 Å². The standard InChI is InChI=1S/C19H24FN3O2/c1-19(2,3)18(25)23-8-6-14(7-9-23)21-17(24)16-11-12-10-13(20)4-5-15(12)22-16/h4-5,10-11,14,22H,6-9H2,1-3H3,(H,21,24). The Morgan fingerprint density at radius 1 is 1.20 bits per heavy atom. The highest BCUT2D eigenvalue weighted by atomic mass is 19.1. The van der Waals surface area contributed by atoms with Crippen molar-refractivity contribution in [3.8, 4) is 0 Å². The predicted octanol–water partition coefficient (Wildman–Crippen LogP) is 3.07. The third kappa shape index (κ3) is 3.83. The molecule has 1 saturated heterocycles. The molecule has 0 unspecified atom stereocenters. The third-order valence-corrected chi connectivity index (χ3v) is 4.59. The molecule has 2 heterocycles. The number of fused-ring (bicyclic) bond motifs is 1. The summed E-state index contributed by atoms with van der Waals surface area (Å²) < 4.78 is 13.3. The van der Waals surface area contributed by atoms with Gasteiger partial charge in [0.15, 0.2) is 0 Å². The highest BCUT2D eigenvalue weighted by Gasteiger charge is 2.30. The lowest BCUT2D eigenvalue weighted by Crippen LogP contribution is -2.49. The van der Waals surface area contributed by atoms with Crippen LogP contribution in [0.2, 0.25) is 0 Å². The Morgan fingerprint density at radius 3 is 2.52 bits per heavy atom. The number of amides is 2. The molecule has 0 aliphatic carbocycles. The third-order valence-electron chi connectivity index (χ3n) is 4.59. The summed E-state index contributed by atoms with van der Waals surface area (Å²) in [5.74, 6) is -0.374. The summed E-state index contributed by atoms with van der Waals surface area (Å²) in [7, 11) is 0. The van der Waals surface area contributed by atoms with E-state index in [1.54, 1.807) is 12.1 Å². The fourth-order valence-electron chi connectivity index (χ4n) is 3.19. The monoisotopic (exact) mass is 345 g/mol. The van der Waals surface area contributed by atoms with Crippen molar-refractivity contribution in [1.82, 2.24) is 15.2 Å². The molecule has 2 amide bonds. The van der Waals surface area contributed by atoms with E-state index >= 15 is 0 Å². The highest BCUT2D eigenvalue weighted by Crippen LogP contribution is 2.21. The summed E-state index contributed by atoms with van der Waals surface area (Å²) >= 11 is 0. The Bertz CT molecular complexity index is 799. The maximum Gasteiger partial charge on any atom is 0.267 e. The van der Waals surface area contributed by atoms with Gasteiger partial charge in [0.2, 0.25) is 5.91 Å². The first-order chi connectivity index (χ1) is 11.7. The Hall–Kier alpha value is -2.37. The summed E-state index contributed by atoms with van der Waals surface area (Å²) in [6.45, 7) is 7.06. The highest BCUT2D eigenvalue weighted by molar-refractivity contribution is 5.98. The number of hydrogen-bond donors (Lipinski definition) is 2. The van der Waals surface area contributed by atoms with E-state index in [0.29, 0.717) is 24.2 Å². The van der Waals surface area contributed by atoms with E-state index in [2.05, 4.69) is 10.3 Å². The quantitative estimate of drug-likeness (QED) is 0.878. The number of nitrogens with one attached hydrogen (secondary N) is 2. The molecule has 25 heavy (non-hydrogen) atoms. The molecule has 1 aromatic heterocycles. The van der Waals surface area contributed by atoms with Crippen molar-refractivity contribution in [1.29, 1.82) is 0 Å². The fourth-order valence-corrected chi connectivity index (χ4v) is 3.19. The van der Waals surface area contributed by atoms with E-state index in [4.69, 9.17) is 0 Å². The molecule has 1 fully saturated rings. The minimum absolute atomic E-state index is 0.0414. The Morgan fingerprint density at radius 2 is 1.88 bits per heavy atom. The average Bonchev–Trinajstić information content (AvgIpc) is 2.97. The van der Waals surface area contributed by atoms with E-state index in [1.165, 1.54) is 12.1 Å². The number of hydrogen-bond acceptors (Lipinski definition) is 2. The topological polar surface area (TPSA) is 65.2 Å². The molecule has 6 heteroatoms. The number of H-pyrrole nitrogens is 1. The molecule has 1 aliphatic rings. The normalized spacial score (nSPS) is 16.2. The van der Waals surface area contributed by atoms with Crippen LogP contribution in [0.3, 0.4) is 0 Å². The smallest absolute Gasteiger partial charge is 0.267 e. The van der Waals surface area contributed by atoms with Crippen LogP contribution in [-0.4, -0.2) is 40.8 Å². The number of aromatic nitrogens is 1. The molecule has 2 N–H and O–H groups in total. The number of benzene rings is 1. The molecule has 1 aliphatic heterocycles. The van der Waals surface area contributed by atoms with Gasteiger partial charge in [-0.25, -0.2) is 4.39 Å². The summed E-state index contributed by atoms with van der Waals surface area (Å²) in [5, 5.41) is 3.68. The first-order valence-electron chi connectivity index (χ1n) is 8.62. The van der Waals surface area contributed by atoms with Gasteiger partial charge in [-0.3, -0.25) is 9.59 Å². The Kier molecular flexibility index (Phi) is 4.54. The number of aromatic amines is 1. The predicted molar refractivity (Wildman–Crippen MR) is 94.8 cm³/mol. The average molecular weight is 345 g/mol. The van der Waals surface area contributed by atoms with Crippen molar-refractivity contribution >= 4 is 22.7 Å². The summed E-state index contributed by atoms with van der Waals surface area (Å²) in [5.41, 5.74) is 0.779. The van der Waals surface area contributed by atoms with Crippen LogP contribution in [0.25, 0.3) is 10.9 Å². The van der Waals surface area contributed by atoms with E-state index in [-0.39, 0.29) is 29.1 Å². The fraction of sp³-hybridized carbons (Fsp3) is 0.474. The lowest BCUT2D eigenvalue weighted by molar-refractivity contribution is -0.140. The van der Waals surface area contributed by atoms with Gasteiger partial charge in [-0.2, -0.15) is 0 Å². The van der Waals surface area contributed by atoms with Crippen LogP contribution in [0.1, 0.15) is 44.1 Å². The minimum atomic E-state index is -0.379. The van der Waals surface area contributed by atoms with Gasteiger partial charge in [0.25, 0.3) is 5.91 Å². The summed E-state index contributed by atoms with van der Waals surface area (Å²) in [6.07, 6.45) is 1.48. The molecule has 0 bridgehead atoms. The van der Waals surface area contributed by atoms with Crippen molar-refractivity contribution < 1.29 is 14.0 Å².